The molecule has 10 heteroatoms. The Morgan fingerprint density at radius 1 is 1.36 bits per heavy atom. The Bertz CT molecular complexity index is 944. The van der Waals surface area contributed by atoms with Gasteiger partial charge < -0.3 is 20.1 Å². The molecule has 28 heavy (non-hydrogen) atoms. The summed E-state index contributed by atoms with van der Waals surface area (Å²) in [5.41, 5.74) is 1.59. The van der Waals surface area contributed by atoms with E-state index in [4.69, 9.17) is 9.47 Å². The van der Waals surface area contributed by atoms with Crippen LogP contribution >= 0.6 is 11.3 Å². The normalized spacial score (nSPS) is 17.8. The number of urea groups is 1. The van der Waals surface area contributed by atoms with E-state index < -0.39 is 12.1 Å². The first kappa shape index (κ1) is 18.2. The molecule has 2 aromatic rings. The maximum absolute atomic E-state index is 12.6. The molecular formula is C18H18N4O5S. The van der Waals surface area contributed by atoms with Crippen molar-refractivity contribution in [3.8, 4) is 11.5 Å². The van der Waals surface area contributed by atoms with Crippen LogP contribution in [0.25, 0.3) is 0 Å². The number of ether oxygens (including phenoxy) is 2. The molecule has 1 fully saturated rings. The van der Waals surface area contributed by atoms with Crippen LogP contribution in [0.15, 0.2) is 23.6 Å². The van der Waals surface area contributed by atoms with Crippen LogP contribution in [0.1, 0.15) is 24.1 Å². The van der Waals surface area contributed by atoms with Crippen LogP contribution in [0.2, 0.25) is 0 Å². The molecule has 1 atom stereocenters. The number of nitrogens with one attached hydrogen (secondary N) is 2. The Labute approximate surface area is 164 Å². The van der Waals surface area contributed by atoms with Crippen LogP contribution < -0.4 is 20.1 Å². The molecule has 0 radical (unpaired) electrons. The number of carbonyl (C=O) groups excluding carboxylic acids is 3. The second kappa shape index (κ2) is 7.47. The monoisotopic (exact) mass is 402 g/mol. The Kier molecular flexibility index (Phi) is 4.86. The van der Waals surface area contributed by atoms with Crippen molar-refractivity contribution in [3.63, 3.8) is 0 Å². The van der Waals surface area contributed by atoms with Gasteiger partial charge in [-0.2, -0.15) is 0 Å². The SMILES string of the molecule is Cc1csc(NC(=O)CCC2NC(=O)N(Cc3ccc4c(c3)OCO4)C2=O)n1. The van der Waals surface area contributed by atoms with Gasteiger partial charge in [0.1, 0.15) is 6.04 Å². The molecule has 3 heterocycles. The van der Waals surface area contributed by atoms with Gasteiger partial charge in [-0.1, -0.05) is 6.07 Å². The highest BCUT2D eigenvalue weighted by molar-refractivity contribution is 7.13. The fourth-order valence-electron chi connectivity index (χ4n) is 3.01. The number of hydrogen-bond acceptors (Lipinski definition) is 7. The molecule has 1 aromatic carbocycles. The van der Waals surface area contributed by atoms with Gasteiger partial charge in [0.15, 0.2) is 16.6 Å². The number of nitrogens with zero attached hydrogens (tertiary/aromatic N) is 2. The third-order valence-electron chi connectivity index (χ3n) is 4.41. The number of hydrogen-bond donors (Lipinski definition) is 2. The summed E-state index contributed by atoms with van der Waals surface area (Å²) in [7, 11) is 0. The Hall–Kier alpha value is -3.14. The van der Waals surface area contributed by atoms with E-state index in [1.165, 1.54) is 11.3 Å². The van der Waals surface area contributed by atoms with Gasteiger partial charge >= 0.3 is 6.03 Å². The number of benzene rings is 1. The summed E-state index contributed by atoms with van der Waals surface area (Å²) in [6, 6.07) is 4.09. The number of aromatic nitrogens is 1. The largest absolute Gasteiger partial charge is 0.454 e. The molecule has 0 saturated carbocycles. The molecule has 2 aliphatic rings. The summed E-state index contributed by atoms with van der Waals surface area (Å²) >= 11 is 1.34. The molecule has 4 amide bonds. The lowest BCUT2D eigenvalue weighted by molar-refractivity contribution is -0.128. The van der Waals surface area contributed by atoms with E-state index in [1.807, 2.05) is 12.3 Å². The maximum Gasteiger partial charge on any atom is 0.325 e. The molecule has 2 aliphatic heterocycles. The molecule has 9 nitrogen and oxygen atoms in total. The molecule has 0 bridgehead atoms. The van der Waals surface area contributed by atoms with E-state index in [1.54, 1.807) is 18.2 Å². The zero-order valence-electron chi connectivity index (χ0n) is 15.1. The minimum Gasteiger partial charge on any atom is -0.454 e. The van der Waals surface area contributed by atoms with Gasteiger partial charge in [0.05, 0.1) is 12.2 Å². The molecule has 0 spiro atoms. The zero-order valence-corrected chi connectivity index (χ0v) is 15.9. The second-order valence-electron chi connectivity index (χ2n) is 6.49. The highest BCUT2D eigenvalue weighted by Gasteiger charge is 2.38. The third kappa shape index (κ3) is 3.77. The van der Waals surface area contributed by atoms with Crippen LogP contribution in [-0.2, 0) is 16.1 Å². The first-order valence-corrected chi connectivity index (χ1v) is 9.60. The lowest BCUT2D eigenvalue weighted by atomic mass is 10.1. The number of aryl methyl sites for hydroxylation is 1. The fourth-order valence-corrected chi connectivity index (χ4v) is 3.72. The lowest BCUT2D eigenvalue weighted by Crippen LogP contribution is -2.31. The van der Waals surface area contributed by atoms with E-state index >= 15 is 0 Å². The zero-order chi connectivity index (χ0) is 19.7. The van der Waals surface area contributed by atoms with Crippen molar-refractivity contribution < 1.29 is 23.9 Å². The number of amides is 4. The number of fused-ring (bicyclic) bond motifs is 1. The quantitative estimate of drug-likeness (QED) is 0.716. The number of thiazole rings is 1. The van der Waals surface area contributed by atoms with Gasteiger partial charge in [-0.15, -0.1) is 11.3 Å². The standard InChI is InChI=1S/C18H18N4O5S/c1-10-8-28-17(19-10)21-15(23)5-3-12-16(24)22(18(25)20-12)7-11-2-4-13-14(6-11)27-9-26-13/h2,4,6,8,12H,3,5,7,9H2,1H3,(H,20,25)(H,19,21,23). The molecule has 146 valence electrons. The van der Waals surface area contributed by atoms with Gasteiger partial charge in [-0.05, 0) is 31.0 Å². The Morgan fingerprint density at radius 2 is 2.18 bits per heavy atom. The molecule has 1 aromatic heterocycles. The minimum absolute atomic E-state index is 0.104. The van der Waals surface area contributed by atoms with Crippen LogP contribution in [0, 0.1) is 6.92 Å². The molecule has 2 N–H and O–H groups in total. The van der Waals surface area contributed by atoms with Crippen LogP contribution in [0.5, 0.6) is 11.5 Å². The predicted molar refractivity (Wildman–Crippen MR) is 100 cm³/mol. The maximum atomic E-state index is 12.6. The van der Waals surface area contributed by atoms with Crippen molar-refractivity contribution in [1.29, 1.82) is 0 Å². The Balaban J connectivity index is 1.32. The molecule has 4 rings (SSSR count). The highest BCUT2D eigenvalue weighted by Crippen LogP contribution is 2.33. The van der Waals surface area contributed by atoms with Crippen LogP contribution in [0.3, 0.4) is 0 Å². The van der Waals surface area contributed by atoms with Gasteiger partial charge in [-0.3, -0.25) is 14.5 Å². The number of rotatable bonds is 6. The van der Waals surface area contributed by atoms with Crippen molar-refractivity contribution in [2.75, 3.05) is 12.1 Å². The summed E-state index contributed by atoms with van der Waals surface area (Å²) in [6.07, 6.45) is 0.325. The van der Waals surface area contributed by atoms with E-state index in [0.717, 1.165) is 16.2 Å². The van der Waals surface area contributed by atoms with Gasteiger partial charge in [-0.25, -0.2) is 9.78 Å². The van der Waals surface area contributed by atoms with Crippen molar-refractivity contribution >= 4 is 34.3 Å². The smallest absolute Gasteiger partial charge is 0.325 e. The fraction of sp³-hybridized carbons (Fsp3) is 0.333. The van der Waals surface area contributed by atoms with Crippen LogP contribution in [-0.4, -0.2) is 40.6 Å². The van der Waals surface area contributed by atoms with Gasteiger partial charge in [0.25, 0.3) is 5.91 Å². The summed E-state index contributed by atoms with van der Waals surface area (Å²) in [5, 5.41) is 7.69. The predicted octanol–water partition coefficient (Wildman–Crippen LogP) is 2.02. The van der Waals surface area contributed by atoms with E-state index in [9.17, 15) is 14.4 Å². The highest BCUT2D eigenvalue weighted by atomic mass is 32.1. The summed E-state index contributed by atoms with van der Waals surface area (Å²) in [4.78, 5) is 42.1. The van der Waals surface area contributed by atoms with E-state index in [0.29, 0.717) is 16.6 Å². The third-order valence-corrected chi connectivity index (χ3v) is 5.29. The topological polar surface area (TPSA) is 110 Å². The van der Waals surface area contributed by atoms with Crippen LogP contribution in [0.4, 0.5) is 9.93 Å². The summed E-state index contributed by atoms with van der Waals surface area (Å²) < 4.78 is 10.6. The average Bonchev–Trinajstić information content (AvgIpc) is 3.36. The van der Waals surface area contributed by atoms with E-state index in [2.05, 4.69) is 15.6 Å². The lowest BCUT2D eigenvalue weighted by Gasteiger charge is -2.13. The molecule has 1 saturated heterocycles. The van der Waals surface area contributed by atoms with Crippen molar-refractivity contribution in [2.45, 2.75) is 32.4 Å². The van der Waals surface area contributed by atoms with Crippen molar-refractivity contribution in [1.82, 2.24) is 15.2 Å². The summed E-state index contributed by atoms with van der Waals surface area (Å²) in [5.74, 6) is 0.640. The van der Waals surface area contributed by atoms with Crippen molar-refractivity contribution in [2.24, 2.45) is 0 Å². The first-order valence-electron chi connectivity index (χ1n) is 8.72. The molecule has 0 aliphatic carbocycles. The van der Waals surface area contributed by atoms with Gasteiger partial charge in [0.2, 0.25) is 12.7 Å². The average molecular weight is 402 g/mol. The van der Waals surface area contributed by atoms with E-state index in [-0.39, 0.29) is 38.0 Å². The Morgan fingerprint density at radius 3 is 2.96 bits per heavy atom. The number of imide groups is 1. The van der Waals surface area contributed by atoms with Gasteiger partial charge in [0, 0.05) is 11.8 Å². The van der Waals surface area contributed by atoms with Crippen molar-refractivity contribution in [3.05, 3.63) is 34.8 Å². The minimum atomic E-state index is -0.717. The second-order valence-corrected chi connectivity index (χ2v) is 7.35. The number of carbonyl (C=O) groups is 3. The molecular weight excluding hydrogens is 384 g/mol. The number of anilines is 1. The summed E-state index contributed by atoms with van der Waals surface area (Å²) in [6.45, 7) is 2.13. The molecule has 1 unspecified atom stereocenters. The first-order chi connectivity index (χ1) is 13.5.